The lowest BCUT2D eigenvalue weighted by Crippen LogP contribution is -2.47. The number of halogens is 3. The van der Waals surface area contributed by atoms with Crippen LogP contribution in [-0.2, 0) is 22.1 Å². The fourth-order valence-corrected chi connectivity index (χ4v) is 5.20. The average molecular weight is 503 g/mol. The maximum absolute atomic E-state index is 13.6. The number of nitrogens with zero attached hydrogens (tertiary/aromatic N) is 2. The molecular weight excluding hydrogens is 477 g/mol. The van der Waals surface area contributed by atoms with Gasteiger partial charge in [-0.05, 0) is 47.2 Å². The summed E-state index contributed by atoms with van der Waals surface area (Å²) in [5, 5.41) is 2.01. The summed E-state index contributed by atoms with van der Waals surface area (Å²) in [6.45, 7) is 0.447. The van der Waals surface area contributed by atoms with Crippen LogP contribution in [0, 0.1) is 0 Å². The Morgan fingerprint density at radius 3 is 2.60 bits per heavy atom. The number of rotatable bonds is 7. The molecule has 0 saturated carbocycles. The second-order valence-electron chi connectivity index (χ2n) is 8.25. The van der Waals surface area contributed by atoms with Crippen molar-refractivity contribution in [1.29, 1.82) is 0 Å². The van der Waals surface area contributed by atoms with Crippen molar-refractivity contribution >= 4 is 23.2 Å². The van der Waals surface area contributed by atoms with Crippen molar-refractivity contribution in [2.75, 3.05) is 33.4 Å². The van der Waals surface area contributed by atoms with Gasteiger partial charge in [-0.15, -0.1) is 11.3 Å². The molecule has 4 rings (SSSR count). The molecule has 35 heavy (non-hydrogen) atoms. The lowest BCUT2D eigenvalue weighted by molar-refractivity contribution is -0.137. The van der Waals surface area contributed by atoms with Gasteiger partial charge in [-0.3, -0.25) is 9.59 Å². The predicted molar refractivity (Wildman–Crippen MR) is 127 cm³/mol. The molecule has 0 saturated heterocycles. The third-order valence-corrected chi connectivity index (χ3v) is 7.01. The summed E-state index contributed by atoms with van der Waals surface area (Å²) in [5.74, 6) is -0.918. The van der Waals surface area contributed by atoms with Gasteiger partial charge >= 0.3 is 6.18 Å². The smallest absolute Gasteiger partial charge is 0.383 e. The molecular formula is C26H25F3N2O3S. The highest BCUT2D eigenvalue weighted by atomic mass is 32.1. The Balaban J connectivity index is 1.60. The number of carbonyl (C=O) groups is 2. The third kappa shape index (κ3) is 5.57. The van der Waals surface area contributed by atoms with Crippen molar-refractivity contribution < 1.29 is 27.5 Å². The van der Waals surface area contributed by atoms with Crippen LogP contribution < -0.4 is 0 Å². The van der Waals surface area contributed by atoms with Gasteiger partial charge in [0.25, 0.3) is 5.91 Å². The predicted octanol–water partition coefficient (Wildman–Crippen LogP) is 5.03. The molecule has 0 spiro atoms. The Labute approximate surface area is 205 Å². The number of hydrogen-bond acceptors (Lipinski definition) is 4. The number of carbonyl (C=O) groups excluding carboxylic acids is 2. The van der Waals surface area contributed by atoms with Crippen LogP contribution >= 0.6 is 11.3 Å². The van der Waals surface area contributed by atoms with E-state index in [0.717, 1.165) is 23.3 Å². The van der Waals surface area contributed by atoms with Crippen molar-refractivity contribution in [2.45, 2.75) is 18.6 Å². The van der Waals surface area contributed by atoms with Gasteiger partial charge in [0.1, 0.15) is 6.54 Å². The number of thiophene rings is 1. The Bertz CT molecular complexity index is 1180. The molecule has 0 N–H and O–H groups in total. The largest absolute Gasteiger partial charge is 0.416 e. The molecule has 2 amide bonds. The van der Waals surface area contributed by atoms with Gasteiger partial charge in [-0.25, -0.2) is 0 Å². The highest BCUT2D eigenvalue weighted by Crippen LogP contribution is 2.38. The number of alkyl halides is 3. The van der Waals surface area contributed by atoms with Gasteiger partial charge in [-0.2, -0.15) is 13.2 Å². The van der Waals surface area contributed by atoms with Crippen molar-refractivity contribution in [3.63, 3.8) is 0 Å². The molecule has 0 bridgehead atoms. The summed E-state index contributed by atoms with van der Waals surface area (Å²) in [6.07, 6.45) is -3.86. The summed E-state index contributed by atoms with van der Waals surface area (Å²) >= 11 is 1.66. The number of fused-ring (bicyclic) bond motifs is 1. The highest BCUT2D eigenvalue weighted by Gasteiger charge is 2.35. The Kier molecular flexibility index (Phi) is 7.57. The van der Waals surface area contributed by atoms with E-state index in [1.54, 1.807) is 16.2 Å². The minimum atomic E-state index is -4.57. The Morgan fingerprint density at radius 1 is 1.11 bits per heavy atom. The van der Waals surface area contributed by atoms with Crippen molar-refractivity contribution in [3.8, 4) is 0 Å². The molecule has 9 heteroatoms. The molecule has 3 aromatic rings. The topological polar surface area (TPSA) is 49.9 Å². The first-order valence-electron chi connectivity index (χ1n) is 11.2. The van der Waals surface area contributed by atoms with Gasteiger partial charge in [0.2, 0.25) is 5.91 Å². The van der Waals surface area contributed by atoms with Crippen LogP contribution in [0.4, 0.5) is 13.2 Å². The molecule has 1 aliphatic heterocycles. The van der Waals surface area contributed by atoms with Crippen molar-refractivity contribution in [2.24, 2.45) is 0 Å². The van der Waals surface area contributed by atoms with E-state index < -0.39 is 17.6 Å². The van der Waals surface area contributed by atoms with Crippen LogP contribution in [0.15, 0.2) is 66.0 Å². The second-order valence-corrected chi connectivity index (χ2v) is 9.25. The first-order chi connectivity index (χ1) is 16.8. The fraction of sp³-hybridized carbons (Fsp3) is 0.308. The molecule has 2 aromatic carbocycles. The third-order valence-electron chi connectivity index (χ3n) is 6.02. The van der Waals surface area contributed by atoms with Crippen LogP contribution in [-0.4, -0.2) is 55.0 Å². The standard InChI is InChI=1S/C26H25F3N2O3S/c1-34-14-13-30(25(33)19-8-5-9-20(16-19)26(27,28)29)17-23(32)31-12-10-22-21(11-15-35-22)24(31)18-6-3-2-4-7-18/h2-9,11,15-16,24H,10,12-14,17H2,1H3. The summed E-state index contributed by atoms with van der Waals surface area (Å²) < 4.78 is 44.6. The van der Waals surface area contributed by atoms with Gasteiger partial charge in [0, 0.05) is 30.6 Å². The summed E-state index contributed by atoms with van der Waals surface area (Å²) in [6, 6.07) is 15.7. The molecule has 0 aliphatic carbocycles. The lowest BCUT2D eigenvalue weighted by Gasteiger charge is -2.37. The number of benzene rings is 2. The van der Waals surface area contributed by atoms with Gasteiger partial charge in [0.05, 0.1) is 18.2 Å². The number of ether oxygens (including phenoxy) is 1. The molecule has 1 aromatic heterocycles. The molecule has 5 nitrogen and oxygen atoms in total. The first kappa shape index (κ1) is 24.9. The maximum atomic E-state index is 13.6. The van der Waals surface area contributed by atoms with E-state index in [2.05, 4.69) is 0 Å². The van der Waals surface area contributed by atoms with E-state index in [0.29, 0.717) is 13.0 Å². The van der Waals surface area contributed by atoms with Crippen LogP contribution in [0.2, 0.25) is 0 Å². The molecule has 0 radical (unpaired) electrons. The molecule has 1 atom stereocenters. The van der Waals surface area contributed by atoms with Crippen LogP contribution in [0.1, 0.15) is 38.0 Å². The van der Waals surface area contributed by atoms with E-state index in [4.69, 9.17) is 4.74 Å². The van der Waals surface area contributed by atoms with Crippen LogP contribution in [0.25, 0.3) is 0 Å². The van der Waals surface area contributed by atoms with Crippen molar-refractivity contribution in [1.82, 2.24) is 9.80 Å². The van der Waals surface area contributed by atoms with Crippen LogP contribution in [0.3, 0.4) is 0 Å². The van der Waals surface area contributed by atoms with Gasteiger partial charge in [0.15, 0.2) is 0 Å². The van der Waals surface area contributed by atoms with Gasteiger partial charge < -0.3 is 14.5 Å². The molecule has 0 fully saturated rings. The normalized spacial score (nSPS) is 15.5. The molecule has 184 valence electrons. The molecule has 1 unspecified atom stereocenters. The fourth-order valence-electron chi connectivity index (χ4n) is 4.30. The number of hydrogen-bond donors (Lipinski definition) is 0. The summed E-state index contributed by atoms with van der Waals surface area (Å²) in [7, 11) is 1.46. The summed E-state index contributed by atoms with van der Waals surface area (Å²) in [4.78, 5) is 31.0. The summed E-state index contributed by atoms with van der Waals surface area (Å²) in [5.41, 5.74) is 0.995. The van der Waals surface area contributed by atoms with E-state index in [1.807, 2.05) is 41.8 Å². The highest BCUT2D eigenvalue weighted by molar-refractivity contribution is 7.10. The van der Waals surface area contributed by atoms with E-state index >= 15 is 0 Å². The quantitative estimate of drug-likeness (QED) is 0.456. The SMILES string of the molecule is COCCN(CC(=O)N1CCc2sccc2C1c1ccccc1)C(=O)c1cccc(C(F)(F)F)c1. The first-order valence-corrected chi connectivity index (χ1v) is 12.0. The van der Waals surface area contributed by atoms with Gasteiger partial charge in [-0.1, -0.05) is 36.4 Å². The minimum Gasteiger partial charge on any atom is -0.383 e. The average Bonchev–Trinajstić information content (AvgIpc) is 3.34. The Hall–Kier alpha value is -3.17. The van der Waals surface area contributed by atoms with E-state index in [9.17, 15) is 22.8 Å². The maximum Gasteiger partial charge on any atom is 0.416 e. The number of methoxy groups -OCH3 is 1. The zero-order chi connectivity index (χ0) is 25.0. The van der Waals surface area contributed by atoms with Crippen LogP contribution in [0.5, 0.6) is 0 Å². The monoisotopic (exact) mass is 502 g/mol. The van der Waals surface area contributed by atoms with E-state index in [1.165, 1.54) is 29.0 Å². The molecule has 2 heterocycles. The second kappa shape index (κ2) is 10.6. The van der Waals surface area contributed by atoms with Crippen molar-refractivity contribution in [3.05, 3.63) is 93.2 Å². The zero-order valence-electron chi connectivity index (χ0n) is 19.1. The number of amides is 2. The van der Waals surface area contributed by atoms with E-state index in [-0.39, 0.29) is 37.2 Å². The minimum absolute atomic E-state index is 0.0743. The zero-order valence-corrected chi connectivity index (χ0v) is 19.9. The molecule has 1 aliphatic rings. The lowest BCUT2D eigenvalue weighted by atomic mass is 9.93. The Morgan fingerprint density at radius 2 is 1.89 bits per heavy atom.